The molecule has 3 heterocycles. The van der Waals surface area contributed by atoms with Gasteiger partial charge in [0.2, 0.25) is 5.95 Å². The Morgan fingerprint density at radius 1 is 1.33 bits per heavy atom. The van der Waals surface area contributed by atoms with Crippen molar-refractivity contribution < 1.29 is 14.0 Å². The van der Waals surface area contributed by atoms with E-state index in [0.29, 0.717) is 25.2 Å². The summed E-state index contributed by atoms with van der Waals surface area (Å²) in [4.78, 5) is 30.9. The van der Waals surface area contributed by atoms with E-state index >= 15 is 0 Å². The minimum Gasteiger partial charge on any atom is -0.338 e. The van der Waals surface area contributed by atoms with Crippen molar-refractivity contribution in [3.63, 3.8) is 0 Å². The Bertz CT molecular complexity index is 558. The summed E-state index contributed by atoms with van der Waals surface area (Å²) in [6, 6.07) is 2.84. The first-order chi connectivity index (χ1) is 10.1. The smallest absolute Gasteiger partial charge is 0.317 e. The van der Waals surface area contributed by atoms with E-state index in [1.807, 2.05) is 4.90 Å². The van der Waals surface area contributed by atoms with Crippen LogP contribution in [0.1, 0.15) is 23.2 Å². The fraction of sp³-hybridized carbons (Fsp3) is 0.500. The third-order valence-corrected chi connectivity index (χ3v) is 4.06. The molecule has 0 radical (unpaired) electrons. The molecule has 0 atom stereocenters. The largest absolute Gasteiger partial charge is 0.338 e. The monoisotopic (exact) mass is 292 g/mol. The predicted octanol–water partition coefficient (Wildman–Crippen LogP) is 0.850. The summed E-state index contributed by atoms with van der Waals surface area (Å²) in [5.41, 5.74) is 0.319. The van der Waals surface area contributed by atoms with Crippen molar-refractivity contribution in [3.8, 4) is 0 Å². The lowest BCUT2D eigenvalue weighted by Gasteiger charge is -2.36. The van der Waals surface area contributed by atoms with Gasteiger partial charge in [-0.2, -0.15) is 4.39 Å². The van der Waals surface area contributed by atoms with Crippen molar-refractivity contribution in [3.05, 3.63) is 29.8 Å². The SMILES string of the molecule is O=C(c1ccnc(F)c1)N1CCC(N2CCNC2=O)CC1. The van der Waals surface area contributed by atoms with Gasteiger partial charge in [-0.05, 0) is 18.9 Å². The van der Waals surface area contributed by atoms with Crippen LogP contribution in [-0.4, -0.2) is 58.9 Å². The van der Waals surface area contributed by atoms with Gasteiger partial charge in [0.15, 0.2) is 0 Å². The van der Waals surface area contributed by atoms with E-state index in [1.54, 1.807) is 4.90 Å². The summed E-state index contributed by atoms with van der Waals surface area (Å²) in [5.74, 6) is -0.829. The average molecular weight is 292 g/mol. The van der Waals surface area contributed by atoms with Crippen LogP contribution in [0.2, 0.25) is 0 Å². The number of piperidine rings is 1. The molecule has 21 heavy (non-hydrogen) atoms. The highest BCUT2D eigenvalue weighted by Gasteiger charge is 2.32. The Hall–Kier alpha value is -2.18. The Kier molecular flexibility index (Phi) is 3.72. The summed E-state index contributed by atoms with van der Waals surface area (Å²) in [5, 5.41) is 2.79. The van der Waals surface area contributed by atoms with Gasteiger partial charge >= 0.3 is 6.03 Å². The Morgan fingerprint density at radius 2 is 2.10 bits per heavy atom. The minimum absolute atomic E-state index is 0.0176. The molecule has 1 aromatic heterocycles. The van der Waals surface area contributed by atoms with Gasteiger partial charge < -0.3 is 15.1 Å². The zero-order chi connectivity index (χ0) is 14.8. The van der Waals surface area contributed by atoms with Gasteiger partial charge in [0.05, 0.1) is 0 Å². The molecule has 0 unspecified atom stereocenters. The molecule has 1 N–H and O–H groups in total. The van der Waals surface area contributed by atoms with Crippen LogP contribution in [0.25, 0.3) is 0 Å². The maximum atomic E-state index is 13.1. The van der Waals surface area contributed by atoms with Gasteiger partial charge in [0, 0.05) is 50.0 Å². The number of nitrogens with zero attached hydrogens (tertiary/aromatic N) is 3. The molecular weight excluding hydrogens is 275 g/mol. The van der Waals surface area contributed by atoms with Gasteiger partial charge in [0.25, 0.3) is 5.91 Å². The number of hydrogen-bond acceptors (Lipinski definition) is 3. The van der Waals surface area contributed by atoms with Crippen LogP contribution in [0.15, 0.2) is 18.3 Å². The lowest BCUT2D eigenvalue weighted by atomic mass is 10.0. The first-order valence-electron chi connectivity index (χ1n) is 7.10. The fourth-order valence-corrected chi connectivity index (χ4v) is 2.93. The Balaban J connectivity index is 1.60. The fourth-order valence-electron chi connectivity index (χ4n) is 2.93. The molecule has 1 aromatic rings. The van der Waals surface area contributed by atoms with E-state index in [1.165, 1.54) is 12.3 Å². The van der Waals surface area contributed by atoms with Gasteiger partial charge in [-0.1, -0.05) is 0 Å². The number of carbonyl (C=O) groups is 2. The third kappa shape index (κ3) is 2.81. The molecule has 3 rings (SSSR count). The van der Waals surface area contributed by atoms with Crippen molar-refractivity contribution in [2.75, 3.05) is 26.2 Å². The molecule has 2 saturated heterocycles. The maximum absolute atomic E-state index is 13.1. The highest BCUT2D eigenvalue weighted by Crippen LogP contribution is 2.19. The van der Waals surface area contributed by atoms with E-state index in [-0.39, 0.29) is 18.0 Å². The number of amides is 3. The molecule has 0 aliphatic carbocycles. The van der Waals surface area contributed by atoms with Crippen molar-refractivity contribution in [1.82, 2.24) is 20.1 Å². The molecule has 2 aliphatic heterocycles. The Labute approximate surface area is 121 Å². The number of nitrogens with one attached hydrogen (secondary N) is 1. The maximum Gasteiger partial charge on any atom is 0.317 e. The number of urea groups is 1. The second kappa shape index (κ2) is 5.67. The zero-order valence-electron chi connectivity index (χ0n) is 11.6. The molecule has 3 amide bonds. The van der Waals surface area contributed by atoms with E-state index in [0.717, 1.165) is 25.5 Å². The van der Waals surface area contributed by atoms with E-state index < -0.39 is 5.95 Å². The van der Waals surface area contributed by atoms with E-state index in [9.17, 15) is 14.0 Å². The van der Waals surface area contributed by atoms with Crippen molar-refractivity contribution >= 4 is 11.9 Å². The highest BCUT2D eigenvalue weighted by molar-refractivity contribution is 5.94. The second-order valence-electron chi connectivity index (χ2n) is 5.32. The lowest BCUT2D eigenvalue weighted by molar-refractivity contribution is 0.0665. The van der Waals surface area contributed by atoms with Crippen LogP contribution in [0.5, 0.6) is 0 Å². The summed E-state index contributed by atoms with van der Waals surface area (Å²) in [7, 11) is 0. The topological polar surface area (TPSA) is 65.5 Å². The number of carbonyl (C=O) groups excluding carboxylic acids is 2. The number of halogens is 1. The average Bonchev–Trinajstić information content (AvgIpc) is 2.93. The first kappa shape index (κ1) is 13.8. The first-order valence-corrected chi connectivity index (χ1v) is 7.10. The molecular formula is C14H17FN4O2. The Morgan fingerprint density at radius 3 is 2.71 bits per heavy atom. The van der Waals surface area contributed by atoms with Crippen molar-refractivity contribution in [2.45, 2.75) is 18.9 Å². The summed E-state index contributed by atoms with van der Waals surface area (Å²) < 4.78 is 13.1. The van der Waals surface area contributed by atoms with Crippen molar-refractivity contribution in [2.24, 2.45) is 0 Å². The molecule has 7 heteroatoms. The molecule has 2 fully saturated rings. The summed E-state index contributed by atoms with van der Waals surface area (Å²) in [6.45, 7) is 2.58. The predicted molar refractivity (Wildman–Crippen MR) is 73.2 cm³/mol. The van der Waals surface area contributed by atoms with Gasteiger partial charge in [-0.15, -0.1) is 0 Å². The molecule has 112 valence electrons. The standard InChI is InChI=1S/C14H17FN4O2/c15-12-9-10(1-4-16-12)13(20)18-6-2-11(3-7-18)19-8-5-17-14(19)21/h1,4,9,11H,2-3,5-8H2,(H,17,21). The number of aromatic nitrogens is 1. The van der Waals surface area contributed by atoms with Crippen LogP contribution >= 0.6 is 0 Å². The van der Waals surface area contributed by atoms with Gasteiger partial charge in [-0.25, -0.2) is 9.78 Å². The highest BCUT2D eigenvalue weighted by atomic mass is 19.1. The molecule has 0 spiro atoms. The molecule has 0 bridgehead atoms. The summed E-state index contributed by atoms with van der Waals surface area (Å²) >= 11 is 0. The second-order valence-corrected chi connectivity index (χ2v) is 5.32. The number of likely N-dealkylation sites (tertiary alicyclic amines) is 1. The van der Waals surface area contributed by atoms with E-state index in [4.69, 9.17) is 0 Å². The van der Waals surface area contributed by atoms with Crippen LogP contribution in [0.4, 0.5) is 9.18 Å². The van der Waals surface area contributed by atoms with Gasteiger partial charge in [0.1, 0.15) is 0 Å². The van der Waals surface area contributed by atoms with Crippen LogP contribution in [-0.2, 0) is 0 Å². The minimum atomic E-state index is -0.649. The molecule has 0 saturated carbocycles. The lowest BCUT2D eigenvalue weighted by Crippen LogP contribution is -2.47. The summed E-state index contributed by atoms with van der Waals surface area (Å²) in [6.07, 6.45) is 2.81. The van der Waals surface area contributed by atoms with Crippen molar-refractivity contribution in [1.29, 1.82) is 0 Å². The third-order valence-electron chi connectivity index (χ3n) is 4.06. The molecule has 6 nitrogen and oxygen atoms in total. The number of pyridine rings is 1. The number of rotatable bonds is 2. The molecule has 0 aromatic carbocycles. The van der Waals surface area contributed by atoms with Crippen LogP contribution in [0.3, 0.4) is 0 Å². The zero-order valence-corrected chi connectivity index (χ0v) is 11.6. The quantitative estimate of drug-likeness (QED) is 0.822. The number of hydrogen-bond donors (Lipinski definition) is 1. The normalized spacial score (nSPS) is 19.8. The van der Waals surface area contributed by atoms with Gasteiger partial charge in [-0.3, -0.25) is 4.79 Å². The van der Waals surface area contributed by atoms with E-state index in [2.05, 4.69) is 10.3 Å². The van der Waals surface area contributed by atoms with Crippen LogP contribution in [0, 0.1) is 5.95 Å². The van der Waals surface area contributed by atoms with Crippen LogP contribution < -0.4 is 5.32 Å². The molecule has 2 aliphatic rings.